The van der Waals surface area contributed by atoms with Crippen LogP contribution in [-0.2, 0) is 4.74 Å². The highest BCUT2D eigenvalue weighted by Gasteiger charge is 2.04. The van der Waals surface area contributed by atoms with E-state index in [0.717, 1.165) is 16.8 Å². The predicted molar refractivity (Wildman–Crippen MR) is 62.9 cm³/mol. The van der Waals surface area contributed by atoms with Crippen LogP contribution in [0.25, 0.3) is 11.3 Å². The second-order valence-electron chi connectivity index (χ2n) is 3.59. The summed E-state index contributed by atoms with van der Waals surface area (Å²) >= 11 is 0. The predicted octanol–water partition coefficient (Wildman–Crippen LogP) is 2.85. The number of ether oxygens (including phenoxy) is 1. The van der Waals surface area contributed by atoms with Crippen molar-refractivity contribution in [3.8, 4) is 11.3 Å². The molecule has 3 heteroatoms. The van der Waals surface area contributed by atoms with Gasteiger partial charge in [-0.3, -0.25) is 9.97 Å². The van der Waals surface area contributed by atoms with Gasteiger partial charge in [-0.25, -0.2) is 0 Å². The Morgan fingerprint density at radius 1 is 1.12 bits per heavy atom. The number of hydrogen-bond donors (Lipinski definition) is 0. The van der Waals surface area contributed by atoms with E-state index < -0.39 is 0 Å². The van der Waals surface area contributed by atoms with E-state index in [1.807, 2.05) is 19.1 Å². The molecule has 0 amide bonds. The molecule has 2 rings (SSSR count). The highest BCUT2D eigenvalue weighted by Crippen LogP contribution is 2.20. The number of rotatable bonds is 3. The van der Waals surface area contributed by atoms with Crippen LogP contribution in [0.3, 0.4) is 0 Å². The zero-order valence-corrected chi connectivity index (χ0v) is 9.42. The van der Waals surface area contributed by atoms with Crippen LogP contribution in [0.15, 0.2) is 42.9 Å². The van der Waals surface area contributed by atoms with Gasteiger partial charge in [0.2, 0.25) is 0 Å². The van der Waals surface area contributed by atoms with E-state index in [1.54, 1.807) is 25.7 Å². The van der Waals surface area contributed by atoms with Crippen molar-refractivity contribution in [1.82, 2.24) is 9.97 Å². The van der Waals surface area contributed by atoms with Gasteiger partial charge < -0.3 is 4.74 Å². The molecule has 0 saturated carbocycles. The Hall–Kier alpha value is -1.74. The first-order valence-electron chi connectivity index (χ1n) is 5.20. The fourth-order valence-corrected chi connectivity index (χ4v) is 1.51. The van der Waals surface area contributed by atoms with Crippen LogP contribution in [0.1, 0.15) is 18.6 Å². The minimum Gasteiger partial charge on any atom is -0.377 e. The molecular formula is C13H14N2O. The lowest BCUT2D eigenvalue weighted by Gasteiger charge is -2.10. The van der Waals surface area contributed by atoms with Gasteiger partial charge in [0.25, 0.3) is 0 Å². The lowest BCUT2D eigenvalue weighted by molar-refractivity contribution is 0.119. The first kappa shape index (κ1) is 10.8. The molecule has 0 aliphatic carbocycles. The summed E-state index contributed by atoms with van der Waals surface area (Å²) < 4.78 is 5.25. The third-order valence-electron chi connectivity index (χ3n) is 2.59. The van der Waals surface area contributed by atoms with E-state index >= 15 is 0 Å². The molecule has 82 valence electrons. The van der Waals surface area contributed by atoms with Gasteiger partial charge in [-0.2, -0.15) is 0 Å². The van der Waals surface area contributed by atoms with Crippen LogP contribution in [-0.4, -0.2) is 17.1 Å². The van der Waals surface area contributed by atoms with E-state index in [-0.39, 0.29) is 6.10 Å². The fraction of sp³-hybridized carbons (Fsp3) is 0.231. The Morgan fingerprint density at radius 3 is 2.44 bits per heavy atom. The lowest BCUT2D eigenvalue weighted by Crippen LogP contribution is -1.95. The van der Waals surface area contributed by atoms with Crippen LogP contribution in [0.5, 0.6) is 0 Å². The number of methoxy groups -OCH3 is 1. The standard InChI is InChI=1S/C13H14N2O/c1-10(16-2)11-3-5-12(6-4-11)13-9-14-7-8-15-13/h3-10H,1-2H3. The monoisotopic (exact) mass is 214 g/mol. The first-order valence-corrected chi connectivity index (χ1v) is 5.20. The summed E-state index contributed by atoms with van der Waals surface area (Å²) in [7, 11) is 1.71. The zero-order chi connectivity index (χ0) is 11.4. The Balaban J connectivity index is 2.26. The molecular weight excluding hydrogens is 200 g/mol. The average molecular weight is 214 g/mol. The highest BCUT2D eigenvalue weighted by atomic mass is 16.5. The number of nitrogens with zero attached hydrogens (tertiary/aromatic N) is 2. The summed E-state index contributed by atoms with van der Waals surface area (Å²) in [5, 5.41) is 0. The Bertz CT molecular complexity index is 439. The minimum atomic E-state index is 0.121. The smallest absolute Gasteiger partial charge is 0.0885 e. The molecule has 0 fully saturated rings. The van der Waals surface area contributed by atoms with Gasteiger partial charge >= 0.3 is 0 Å². The molecule has 1 aromatic heterocycles. The van der Waals surface area contributed by atoms with E-state index in [4.69, 9.17) is 4.74 Å². The number of aromatic nitrogens is 2. The maximum atomic E-state index is 5.25. The van der Waals surface area contributed by atoms with Gasteiger partial charge in [-0.1, -0.05) is 24.3 Å². The molecule has 0 aliphatic rings. The van der Waals surface area contributed by atoms with Gasteiger partial charge in [0.15, 0.2) is 0 Å². The van der Waals surface area contributed by atoms with E-state index in [2.05, 4.69) is 22.1 Å². The normalized spacial score (nSPS) is 12.4. The Morgan fingerprint density at radius 2 is 1.88 bits per heavy atom. The second kappa shape index (κ2) is 4.86. The lowest BCUT2D eigenvalue weighted by atomic mass is 10.1. The summed E-state index contributed by atoms with van der Waals surface area (Å²) in [6.45, 7) is 2.03. The average Bonchev–Trinajstić information content (AvgIpc) is 2.39. The number of hydrogen-bond acceptors (Lipinski definition) is 3. The van der Waals surface area contributed by atoms with Crippen molar-refractivity contribution in [3.05, 3.63) is 48.4 Å². The Kier molecular flexibility index (Phi) is 3.27. The fourth-order valence-electron chi connectivity index (χ4n) is 1.51. The second-order valence-corrected chi connectivity index (χ2v) is 3.59. The molecule has 0 radical (unpaired) electrons. The minimum absolute atomic E-state index is 0.121. The molecule has 2 aromatic rings. The third kappa shape index (κ3) is 2.25. The molecule has 1 unspecified atom stereocenters. The van der Waals surface area contributed by atoms with Crippen molar-refractivity contribution in [1.29, 1.82) is 0 Å². The topological polar surface area (TPSA) is 35.0 Å². The molecule has 3 nitrogen and oxygen atoms in total. The molecule has 0 bridgehead atoms. The quantitative estimate of drug-likeness (QED) is 0.788. The summed E-state index contributed by atoms with van der Waals surface area (Å²) in [6, 6.07) is 8.18. The van der Waals surface area contributed by atoms with Crippen molar-refractivity contribution >= 4 is 0 Å². The van der Waals surface area contributed by atoms with Crippen molar-refractivity contribution in [2.24, 2.45) is 0 Å². The number of benzene rings is 1. The summed E-state index contributed by atoms with van der Waals surface area (Å²) in [5.41, 5.74) is 3.12. The molecule has 16 heavy (non-hydrogen) atoms. The highest BCUT2D eigenvalue weighted by molar-refractivity contribution is 5.58. The first-order chi connectivity index (χ1) is 7.81. The van der Waals surface area contributed by atoms with E-state index in [0.29, 0.717) is 0 Å². The Labute approximate surface area is 95.1 Å². The maximum absolute atomic E-state index is 5.25. The van der Waals surface area contributed by atoms with Crippen molar-refractivity contribution in [2.75, 3.05) is 7.11 Å². The van der Waals surface area contributed by atoms with Gasteiger partial charge in [0.05, 0.1) is 18.0 Å². The largest absolute Gasteiger partial charge is 0.377 e. The summed E-state index contributed by atoms with van der Waals surface area (Å²) in [6.07, 6.45) is 5.25. The van der Waals surface area contributed by atoms with Gasteiger partial charge in [-0.15, -0.1) is 0 Å². The molecule has 0 aliphatic heterocycles. The van der Waals surface area contributed by atoms with Crippen LogP contribution in [0, 0.1) is 0 Å². The molecule has 0 saturated heterocycles. The molecule has 1 atom stereocenters. The van der Waals surface area contributed by atoms with Crippen molar-refractivity contribution < 1.29 is 4.74 Å². The van der Waals surface area contributed by atoms with E-state index in [9.17, 15) is 0 Å². The summed E-state index contributed by atoms with van der Waals surface area (Å²) in [4.78, 5) is 8.30. The van der Waals surface area contributed by atoms with Crippen LogP contribution in [0.4, 0.5) is 0 Å². The SMILES string of the molecule is COC(C)c1ccc(-c2cnccn2)cc1. The molecule has 1 heterocycles. The van der Waals surface area contributed by atoms with Gasteiger partial charge in [0, 0.05) is 25.1 Å². The molecule has 0 N–H and O–H groups in total. The zero-order valence-electron chi connectivity index (χ0n) is 9.42. The van der Waals surface area contributed by atoms with Crippen molar-refractivity contribution in [2.45, 2.75) is 13.0 Å². The maximum Gasteiger partial charge on any atom is 0.0885 e. The molecule has 1 aromatic carbocycles. The molecule has 0 spiro atoms. The van der Waals surface area contributed by atoms with Crippen LogP contribution in [0.2, 0.25) is 0 Å². The van der Waals surface area contributed by atoms with Crippen LogP contribution < -0.4 is 0 Å². The third-order valence-corrected chi connectivity index (χ3v) is 2.59. The van der Waals surface area contributed by atoms with Crippen LogP contribution >= 0.6 is 0 Å². The van der Waals surface area contributed by atoms with Gasteiger partial charge in [-0.05, 0) is 12.5 Å². The van der Waals surface area contributed by atoms with E-state index in [1.165, 1.54) is 0 Å². The summed E-state index contributed by atoms with van der Waals surface area (Å²) in [5.74, 6) is 0. The van der Waals surface area contributed by atoms with Gasteiger partial charge in [0.1, 0.15) is 0 Å². The van der Waals surface area contributed by atoms with Crippen molar-refractivity contribution in [3.63, 3.8) is 0 Å².